The molecule has 2 rings (SSSR count). The molecule has 7 heteroatoms. The minimum atomic E-state index is 0. The van der Waals surface area contributed by atoms with Crippen LogP contribution in [0.3, 0.4) is 0 Å². The van der Waals surface area contributed by atoms with Gasteiger partial charge < -0.3 is 25.0 Å². The van der Waals surface area contributed by atoms with E-state index in [0.717, 1.165) is 57.8 Å². The quantitative estimate of drug-likeness (QED) is 0.494. The van der Waals surface area contributed by atoms with Crippen LogP contribution in [-0.4, -0.2) is 75.9 Å². The van der Waals surface area contributed by atoms with Crippen molar-refractivity contribution in [2.75, 3.05) is 59.2 Å². The number of hydrogen-bond acceptors (Lipinski definition) is 5. The van der Waals surface area contributed by atoms with Crippen LogP contribution in [0.2, 0.25) is 0 Å². The minimum Gasteiger partial charge on any atom is -0.379 e. The molecular formula is C23H47N3O4. The van der Waals surface area contributed by atoms with Crippen molar-refractivity contribution in [3.8, 4) is 0 Å². The van der Waals surface area contributed by atoms with Gasteiger partial charge in [0.2, 0.25) is 11.8 Å². The molecule has 0 saturated carbocycles. The first kappa shape index (κ1) is 26.9. The third-order valence-corrected chi connectivity index (χ3v) is 5.92. The van der Waals surface area contributed by atoms with Crippen LogP contribution >= 0.6 is 0 Å². The van der Waals surface area contributed by atoms with Gasteiger partial charge in [-0.1, -0.05) is 27.7 Å². The van der Waals surface area contributed by atoms with Crippen molar-refractivity contribution in [1.82, 2.24) is 15.5 Å². The van der Waals surface area contributed by atoms with E-state index in [0.29, 0.717) is 45.3 Å². The summed E-state index contributed by atoms with van der Waals surface area (Å²) < 4.78 is 11.0. The summed E-state index contributed by atoms with van der Waals surface area (Å²) in [5.74, 6) is 1.93. The second kappa shape index (κ2) is 16.5. The molecule has 2 aliphatic heterocycles. The highest BCUT2D eigenvalue weighted by atomic mass is 16.5. The van der Waals surface area contributed by atoms with Gasteiger partial charge in [0, 0.05) is 27.0 Å². The van der Waals surface area contributed by atoms with Crippen molar-refractivity contribution >= 4 is 11.8 Å². The van der Waals surface area contributed by atoms with Gasteiger partial charge in [0.15, 0.2) is 0 Å². The Morgan fingerprint density at radius 3 is 2.20 bits per heavy atom. The molecule has 0 unspecified atom stereocenters. The predicted octanol–water partition coefficient (Wildman–Crippen LogP) is 2.69. The fourth-order valence-electron chi connectivity index (χ4n) is 3.93. The molecule has 30 heavy (non-hydrogen) atoms. The number of rotatable bonds is 11. The average molecular weight is 430 g/mol. The lowest BCUT2D eigenvalue weighted by Gasteiger charge is -2.34. The first-order valence-electron chi connectivity index (χ1n) is 12.0. The Morgan fingerprint density at radius 2 is 1.60 bits per heavy atom. The molecule has 2 fully saturated rings. The standard InChI is InChI=1S/C21H39N3O4.C2H6.H2/c1-17(2)18-5-11-24(12-6-18)20(25)7-13-27-15-16-28-14-10-23-21(26)19-3-8-22-9-4-19;1-2;/h17-19,22H,3-16H2,1-2H3,(H,23,26);1-2H3;1H. The summed E-state index contributed by atoms with van der Waals surface area (Å²) in [5, 5.41) is 6.19. The van der Waals surface area contributed by atoms with Crippen LogP contribution in [0.15, 0.2) is 0 Å². The molecule has 0 aromatic rings. The SMILES string of the molecule is CC.CC(C)C1CCN(C(=O)CCOCCOCCNC(=O)C2CCNCC2)CC1.[HH]. The fourth-order valence-corrected chi connectivity index (χ4v) is 3.93. The third-order valence-electron chi connectivity index (χ3n) is 5.92. The van der Waals surface area contributed by atoms with Crippen molar-refractivity contribution in [2.24, 2.45) is 17.8 Å². The number of likely N-dealkylation sites (tertiary alicyclic amines) is 1. The van der Waals surface area contributed by atoms with Crippen molar-refractivity contribution in [2.45, 2.75) is 59.8 Å². The summed E-state index contributed by atoms with van der Waals surface area (Å²) in [6.07, 6.45) is 4.50. The van der Waals surface area contributed by atoms with E-state index in [1.807, 2.05) is 18.7 Å². The Hall–Kier alpha value is -1.18. The Bertz CT molecular complexity index is 466. The van der Waals surface area contributed by atoms with Gasteiger partial charge in [0.1, 0.15) is 0 Å². The van der Waals surface area contributed by atoms with Crippen LogP contribution in [0.1, 0.15) is 61.2 Å². The Kier molecular flexibility index (Phi) is 14.8. The summed E-state index contributed by atoms with van der Waals surface area (Å²) in [7, 11) is 0. The molecule has 2 N–H and O–H groups in total. The van der Waals surface area contributed by atoms with Gasteiger partial charge in [-0.05, 0) is 50.6 Å². The summed E-state index contributed by atoms with van der Waals surface area (Å²) in [5.41, 5.74) is 0. The molecule has 2 amide bonds. The highest BCUT2D eigenvalue weighted by molar-refractivity contribution is 5.78. The number of nitrogens with zero attached hydrogens (tertiary/aromatic N) is 1. The molecule has 0 atom stereocenters. The van der Waals surface area contributed by atoms with E-state index in [4.69, 9.17) is 9.47 Å². The maximum absolute atomic E-state index is 12.2. The molecule has 0 aliphatic carbocycles. The van der Waals surface area contributed by atoms with Gasteiger partial charge in [-0.15, -0.1) is 0 Å². The summed E-state index contributed by atoms with van der Waals surface area (Å²) in [6, 6.07) is 0. The third kappa shape index (κ3) is 10.7. The molecule has 0 aromatic carbocycles. The van der Waals surface area contributed by atoms with Crippen LogP contribution in [-0.2, 0) is 19.1 Å². The van der Waals surface area contributed by atoms with Crippen molar-refractivity contribution in [3.05, 3.63) is 0 Å². The molecule has 0 radical (unpaired) electrons. The lowest BCUT2D eigenvalue weighted by atomic mass is 9.86. The van der Waals surface area contributed by atoms with E-state index in [2.05, 4.69) is 24.5 Å². The van der Waals surface area contributed by atoms with Crippen molar-refractivity contribution in [3.63, 3.8) is 0 Å². The molecule has 2 heterocycles. The van der Waals surface area contributed by atoms with E-state index in [9.17, 15) is 9.59 Å². The number of piperidine rings is 2. The lowest BCUT2D eigenvalue weighted by molar-refractivity contribution is -0.134. The Labute approximate surface area is 185 Å². The number of carbonyl (C=O) groups excluding carboxylic acids is 2. The second-order valence-electron chi connectivity index (χ2n) is 8.25. The van der Waals surface area contributed by atoms with E-state index in [1.165, 1.54) is 0 Å². The molecule has 0 aromatic heterocycles. The number of amides is 2. The first-order valence-corrected chi connectivity index (χ1v) is 12.0. The van der Waals surface area contributed by atoms with Gasteiger partial charge in [0.25, 0.3) is 0 Å². The first-order chi connectivity index (χ1) is 14.6. The average Bonchev–Trinajstić information content (AvgIpc) is 2.79. The van der Waals surface area contributed by atoms with E-state index in [-0.39, 0.29) is 19.2 Å². The maximum atomic E-state index is 12.2. The molecule has 7 nitrogen and oxygen atoms in total. The second-order valence-corrected chi connectivity index (χ2v) is 8.25. The van der Waals surface area contributed by atoms with E-state index < -0.39 is 0 Å². The summed E-state index contributed by atoms with van der Waals surface area (Å²) in [4.78, 5) is 26.2. The fraction of sp³-hybridized carbons (Fsp3) is 0.913. The highest BCUT2D eigenvalue weighted by Gasteiger charge is 2.24. The molecule has 0 bridgehead atoms. The zero-order valence-electron chi connectivity index (χ0n) is 19.7. The van der Waals surface area contributed by atoms with Crippen molar-refractivity contribution < 1.29 is 20.5 Å². The van der Waals surface area contributed by atoms with E-state index >= 15 is 0 Å². The summed E-state index contributed by atoms with van der Waals surface area (Å²) >= 11 is 0. The van der Waals surface area contributed by atoms with Gasteiger partial charge in [0.05, 0.1) is 32.8 Å². The Morgan fingerprint density at radius 1 is 1.00 bits per heavy atom. The minimum absolute atomic E-state index is 0. The lowest BCUT2D eigenvalue weighted by Crippen LogP contribution is -2.39. The monoisotopic (exact) mass is 429 g/mol. The van der Waals surface area contributed by atoms with Crippen LogP contribution < -0.4 is 10.6 Å². The normalized spacial score (nSPS) is 18.1. The molecule has 2 aliphatic rings. The van der Waals surface area contributed by atoms with Gasteiger partial charge in [-0.2, -0.15) is 0 Å². The van der Waals surface area contributed by atoms with Crippen LogP contribution in [0.4, 0.5) is 0 Å². The predicted molar refractivity (Wildman–Crippen MR) is 122 cm³/mol. The van der Waals surface area contributed by atoms with E-state index in [1.54, 1.807) is 0 Å². The zero-order chi connectivity index (χ0) is 22.2. The van der Waals surface area contributed by atoms with Gasteiger partial charge in [-0.3, -0.25) is 9.59 Å². The number of ether oxygens (including phenoxy) is 2. The highest BCUT2D eigenvalue weighted by Crippen LogP contribution is 2.24. The van der Waals surface area contributed by atoms with Crippen LogP contribution in [0.5, 0.6) is 0 Å². The summed E-state index contributed by atoms with van der Waals surface area (Å²) in [6.45, 7) is 14.6. The number of carbonyl (C=O) groups is 2. The smallest absolute Gasteiger partial charge is 0.224 e. The molecule has 178 valence electrons. The number of hydrogen-bond donors (Lipinski definition) is 2. The van der Waals surface area contributed by atoms with Gasteiger partial charge in [-0.25, -0.2) is 0 Å². The van der Waals surface area contributed by atoms with Crippen molar-refractivity contribution in [1.29, 1.82) is 0 Å². The maximum Gasteiger partial charge on any atom is 0.224 e. The van der Waals surface area contributed by atoms with Crippen LogP contribution in [0.25, 0.3) is 0 Å². The van der Waals surface area contributed by atoms with Crippen LogP contribution in [0, 0.1) is 17.8 Å². The largest absolute Gasteiger partial charge is 0.379 e. The van der Waals surface area contributed by atoms with Gasteiger partial charge >= 0.3 is 0 Å². The zero-order valence-corrected chi connectivity index (χ0v) is 19.7. The number of nitrogens with one attached hydrogen (secondary N) is 2. The molecule has 0 spiro atoms. The molecular weight excluding hydrogens is 382 g/mol. The topological polar surface area (TPSA) is 79.9 Å². The molecule has 2 saturated heterocycles. The Balaban J connectivity index is 0.00000291.